The number of hydrogen-bond acceptors (Lipinski definition) is 2. The Bertz CT molecular complexity index is 342. The van der Waals surface area contributed by atoms with Crippen molar-refractivity contribution in [1.82, 2.24) is 10.6 Å². The second-order valence-corrected chi connectivity index (χ2v) is 3.06. The van der Waals surface area contributed by atoms with Crippen LogP contribution in [0, 0.1) is 0 Å². The molecule has 74 valence electrons. The number of hydrogen-bond donors (Lipinski definition) is 2. The summed E-state index contributed by atoms with van der Waals surface area (Å²) in [4.78, 5) is 0. The Morgan fingerprint density at radius 3 is 2.71 bits per heavy atom. The third-order valence-electron chi connectivity index (χ3n) is 2.08. The number of allylic oxidation sites excluding steroid dienone is 2. The molecule has 2 unspecified atom stereocenters. The third-order valence-corrected chi connectivity index (χ3v) is 2.08. The first-order valence-electron chi connectivity index (χ1n) is 4.35. The molecule has 0 aromatic rings. The minimum Gasteiger partial charge on any atom is -0.380 e. The molecule has 2 atom stereocenters. The van der Waals surface area contributed by atoms with Gasteiger partial charge in [-0.1, -0.05) is 18.2 Å². The van der Waals surface area contributed by atoms with Gasteiger partial charge in [0.2, 0.25) is 0 Å². The Balaban J connectivity index is 2.18. The maximum absolute atomic E-state index is 13.3. The summed E-state index contributed by atoms with van der Waals surface area (Å²) in [6.45, 7) is 0. The molecule has 0 spiro atoms. The number of nitrogens with one attached hydrogen (secondary N) is 2. The minimum atomic E-state index is -1.43. The van der Waals surface area contributed by atoms with Crippen LogP contribution >= 0.6 is 0 Å². The predicted molar refractivity (Wildman–Crippen MR) is 50.5 cm³/mol. The lowest BCUT2D eigenvalue weighted by Crippen LogP contribution is -2.32. The molecule has 2 nitrogen and oxygen atoms in total. The SMILES string of the molecule is FC1=C(C2C=CC=CN2)C=CC(F)N1. The zero-order chi connectivity index (χ0) is 9.97. The van der Waals surface area contributed by atoms with Gasteiger partial charge in [0.15, 0.2) is 12.2 Å². The van der Waals surface area contributed by atoms with Gasteiger partial charge < -0.3 is 10.6 Å². The summed E-state index contributed by atoms with van der Waals surface area (Å²) in [6, 6.07) is -0.226. The third kappa shape index (κ3) is 1.69. The van der Waals surface area contributed by atoms with Gasteiger partial charge >= 0.3 is 0 Å². The summed E-state index contributed by atoms with van der Waals surface area (Å²) in [6.07, 6.45) is 8.47. The minimum absolute atomic E-state index is 0.226. The molecule has 2 N–H and O–H groups in total. The van der Waals surface area contributed by atoms with E-state index in [1.807, 2.05) is 12.2 Å². The van der Waals surface area contributed by atoms with E-state index in [9.17, 15) is 8.78 Å². The second kappa shape index (κ2) is 3.65. The molecule has 0 radical (unpaired) electrons. The average Bonchev–Trinajstić information content (AvgIpc) is 2.19. The lowest BCUT2D eigenvalue weighted by Gasteiger charge is -2.21. The van der Waals surface area contributed by atoms with Gasteiger partial charge in [0.25, 0.3) is 0 Å². The Morgan fingerprint density at radius 1 is 1.21 bits per heavy atom. The van der Waals surface area contributed by atoms with Crippen LogP contribution in [0.3, 0.4) is 0 Å². The molecule has 0 saturated carbocycles. The van der Waals surface area contributed by atoms with Crippen molar-refractivity contribution in [3.05, 3.63) is 48.1 Å². The van der Waals surface area contributed by atoms with Gasteiger partial charge in [0.1, 0.15) is 0 Å². The van der Waals surface area contributed by atoms with Gasteiger partial charge in [-0.2, -0.15) is 4.39 Å². The van der Waals surface area contributed by atoms with E-state index in [4.69, 9.17) is 0 Å². The topological polar surface area (TPSA) is 24.1 Å². The molecular formula is C10H10F2N2. The van der Waals surface area contributed by atoms with Crippen molar-refractivity contribution in [1.29, 1.82) is 0 Å². The summed E-state index contributed by atoms with van der Waals surface area (Å²) < 4.78 is 25.9. The lowest BCUT2D eigenvalue weighted by atomic mass is 10.0. The van der Waals surface area contributed by atoms with Gasteiger partial charge in [-0.05, 0) is 18.4 Å². The highest BCUT2D eigenvalue weighted by atomic mass is 19.2. The molecule has 0 aliphatic carbocycles. The van der Waals surface area contributed by atoms with Crippen LogP contribution in [0.15, 0.2) is 48.1 Å². The molecule has 4 heteroatoms. The lowest BCUT2D eigenvalue weighted by molar-refractivity contribution is 0.320. The standard InChI is InChI=1S/C10H10F2N2/c11-9-5-4-7(10(12)14-9)8-3-1-2-6-13-8/h1-6,8-9,13-14H. The van der Waals surface area contributed by atoms with Crippen molar-refractivity contribution in [2.75, 3.05) is 0 Å². The summed E-state index contributed by atoms with van der Waals surface area (Å²) in [5, 5.41) is 5.04. The van der Waals surface area contributed by atoms with Crippen molar-refractivity contribution in [3.63, 3.8) is 0 Å². The zero-order valence-corrected chi connectivity index (χ0v) is 7.37. The largest absolute Gasteiger partial charge is 0.380 e. The number of dihydropyridines is 2. The van der Waals surface area contributed by atoms with Gasteiger partial charge in [-0.3, -0.25) is 0 Å². The van der Waals surface area contributed by atoms with Crippen molar-refractivity contribution in [2.24, 2.45) is 0 Å². The predicted octanol–water partition coefficient (Wildman–Crippen LogP) is 1.66. The fraction of sp³-hybridized carbons (Fsp3) is 0.200. The van der Waals surface area contributed by atoms with E-state index in [1.165, 1.54) is 12.2 Å². The van der Waals surface area contributed by atoms with E-state index < -0.39 is 12.2 Å². The van der Waals surface area contributed by atoms with Crippen LogP contribution in [0.5, 0.6) is 0 Å². The summed E-state index contributed by atoms with van der Waals surface area (Å²) in [7, 11) is 0. The molecule has 14 heavy (non-hydrogen) atoms. The van der Waals surface area contributed by atoms with Gasteiger partial charge in [-0.15, -0.1) is 0 Å². The van der Waals surface area contributed by atoms with E-state index in [-0.39, 0.29) is 6.04 Å². The molecule has 0 saturated heterocycles. The average molecular weight is 196 g/mol. The van der Waals surface area contributed by atoms with Crippen molar-refractivity contribution in [3.8, 4) is 0 Å². The van der Waals surface area contributed by atoms with E-state index in [1.54, 1.807) is 12.3 Å². The maximum atomic E-state index is 13.3. The van der Waals surface area contributed by atoms with Crippen LogP contribution in [-0.4, -0.2) is 12.3 Å². The smallest absolute Gasteiger partial charge is 0.195 e. The normalized spacial score (nSPS) is 30.1. The van der Waals surface area contributed by atoms with Crippen LogP contribution in [0.1, 0.15) is 0 Å². The fourth-order valence-corrected chi connectivity index (χ4v) is 1.39. The quantitative estimate of drug-likeness (QED) is 0.623. The monoisotopic (exact) mass is 196 g/mol. The first-order valence-corrected chi connectivity index (χ1v) is 4.35. The Kier molecular flexibility index (Phi) is 2.35. The number of halogens is 2. The van der Waals surface area contributed by atoms with E-state index in [0.717, 1.165) is 0 Å². The molecule has 2 rings (SSSR count). The molecule has 0 bridgehead atoms. The Labute approximate surface area is 80.7 Å². The highest BCUT2D eigenvalue weighted by Gasteiger charge is 2.19. The summed E-state index contributed by atoms with van der Waals surface area (Å²) >= 11 is 0. The van der Waals surface area contributed by atoms with Crippen molar-refractivity contribution < 1.29 is 8.78 Å². The van der Waals surface area contributed by atoms with Gasteiger partial charge in [0.05, 0.1) is 6.04 Å². The zero-order valence-electron chi connectivity index (χ0n) is 7.37. The molecular weight excluding hydrogens is 186 g/mol. The number of alkyl halides is 1. The Morgan fingerprint density at radius 2 is 2.07 bits per heavy atom. The van der Waals surface area contributed by atoms with Crippen LogP contribution in [0.25, 0.3) is 0 Å². The highest BCUT2D eigenvalue weighted by molar-refractivity contribution is 5.36. The van der Waals surface area contributed by atoms with Crippen molar-refractivity contribution in [2.45, 2.75) is 12.3 Å². The molecule has 2 aliphatic rings. The first-order chi connectivity index (χ1) is 6.77. The fourth-order valence-electron chi connectivity index (χ4n) is 1.39. The van der Waals surface area contributed by atoms with E-state index in [0.29, 0.717) is 5.57 Å². The van der Waals surface area contributed by atoms with Crippen LogP contribution in [0.2, 0.25) is 0 Å². The molecule has 0 amide bonds. The van der Waals surface area contributed by atoms with Gasteiger partial charge in [-0.25, -0.2) is 4.39 Å². The molecule has 0 aromatic heterocycles. The Hall–Kier alpha value is -1.58. The van der Waals surface area contributed by atoms with E-state index >= 15 is 0 Å². The molecule has 2 aliphatic heterocycles. The van der Waals surface area contributed by atoms with Crippen LogP contribution < -0.4 is 10.6 Å². The second-order valence-electron chi connectivity index (χ2n) is 3.06. The maximum Gasteiger partial charge on any atom is 0.195 e. The highest BCUT2D eigenvalue weighted by Crippen LogP contribution is 2.18. The summed E-state index contributed by atoms with van der Waals surface area (Å²) in [5.74, 6) is -0.613. The van der Waals surface area contributed by atoms with Gasteiger partial charge in [0, 0.05) is 5.57 Å². The molecule has 0 aromatic carbocycles. The summed E-state index contributed by atoms with van der Waals surface area (Å²) in [5.41, 5.74) is 0.416. The van der Waals surface area contributed by atoms with E-state index in [2.05, 4.69) is 10.6 Å². The van der Waals surface area contributed by atoms with Crippen LogP contribution in [0.4, 0.5) is 8.78 Å². The van der Waals surface area contributed by atoms with Crippen molar-refractivity contribution >= 4 is 0 Å². The molecule has 2 heterocycles. The molecule has 0 fully saturated rings. The number of rotatable bonds is 1. The first kappa shape index (κ1) is 8.99. The van der Waals surface area contributed by atoms with Crippen LogP contribution in [-0.2, 0) is 0 Å².